The number of rotatable bonds is 10. The minimum atomic E-state index is -0.436. The van der Waals surface area contributed by atoms with Crippen LogP contribution in [0, 0.1) is 13.8 Å². The molecular formula is C28H30N2O5. The van der Waals surface area contributed by atoms with Gasteiger partial charge in [-0.1, -0.05) is 35.4 Å². The Bertz CT molecular complexity index is 1200. The third-order valence-electron chi connectivity index (χ3n) is 5.09. The van der Waals surface area contributed by atoms with Gasteiger partial charge in [0.2, 0.25) is 5.91 Å². The number of Topliss-reactive ketones (excluding diaryl/α,β-unsaturated/α-hetero) is 1. The highest BCUT2D eigenvalue weighted by Gasteiger charge is 2.21. The first-order valence-corrected chi connectivity index (χ1v) is 11.5. The predicted octanol–water partition coefficient (Wildman–Crippen LogP) is 5.56. The molecule has 0 bridgehead atoms. The SMILES string of the molecule is CCOc1cc(C(=O)CC(=O)Nc2ccccc2)c(OCC)cc1NC(=O)c1cc(C)cc(C)c1. The lowest BCUT2D eigenvalue weighted by Crippen LogP contribution is -2.18. The number of ketones is 1. The number of hydrogen-bond acceptors (Lipinski definition) is 5. The number of carbonyl (C=O) groups is 3. The fourth-order valence-electron chi connectivity index (χ4n) is 3.69. The number of para-hydroxylation sites is 1. The zero-order valence-corrected chi connectivity index (χ0v) is 20.4. The summed E-state index contributed by atoms with van der Waals surface area (Å²) in [6, 6.07) is 17.6. The normalized spacial score (nSPS) is 10.4. The summed E-state index contributed by atoms with van der Waals surface area (Å²) in [4.78, 5) is 38.4. The van der Waals surface area contributed by atoms with Crippen molar-refractivity contribution in [3.63, 3.8) is 0 Å². The zero-order chi connectivity index (χ0) is 25.4. The van der Waals surface area contributed by atoms with Gasteiger partial charge in [0.05, 0.1) is 30.9 Å². The number of ether oxygens (including phenoxy) is 2. The Morgan fingerprint density at radius 1 is 0.771 bits per heavy atom. The zero-order valence-electron chi connectivity index (χ0n) is 20.4. The number of anilines is 2. The van der Waals surface area contributed by atoms with Crippen molar-refractivity contribution in [1.82, 2.24) is 0 Å². The van der Waals surface area contributed by atoms with Crippen LogP contribution in [-0.4, -0.2) is 30.8 Å². The fourth-order valence-corrected chi connectivity index (χ4v) is 3.69. The molecule has 0 atom stereocenters. The highest BCUT2D eigenvalue weighted by atomic mass is 16.5. The van der Waals surface area contributed by atoms with Crippen molar-refractivity contribution in [3.8, 4) is 11.5 Å². The number of hydrogen-bond donors (Lipinski definition) is 2. The molecule has 0 aromatic heterocycles. The van der Waals surface area contributed by atoms with Gasteiger partial charge in [-0.3, -0.25) is 14.4 Å². The Morgan fingerprint density at radius 3 is 2.03 bits per heavy atom. The van der Waals surface area contributed by atoms with Gasteiger partial charge in [0, 0.05) is 17.3 Å². The summed E-state index contributed by atoms with van der Waals surface area (Å²) in [6.07, 6.45) is -0.366. The number of amides is 2. The molecule has 0 spiro atoms. The van der Waals surface area contributed by atoms with Crippen LogP contribution in [0.25, 0.3) is 0 Å². The molecule has 0 unspecified atom stereocenters. The summed E-state index contributed by atoms with van der Waals surface area (Å²) < 4.78 is 11.4. The molecule has 3 aromatic rings. The number of benzene rings is 3. The maximum Gasteiger partial charge on any atom is 0.255 e. The van der Waals surface area contributed by atoms with Gasteiger partial charge in [0.15, 0.2) is 5.78 Å². The van der Waals surface area contributed by atoms with Crippen LogP contribution in [0.15, 0.2) is 60.7 Å². The van der Waals surface area contributed by atoms with Crippen LogP contribution in [0.4, 0.5) is 11.4 Å². The highest BCUT2D eigenvalue weighted by Crippen LogP contribution is 2.34. The van der Waals surface area contributed by atoms with E-state index in [4.69, 9.17) is 9.47 Å². The van der Waals surface area contributed by atoms with Gasteiger partial charge in [-0.15, -0.1) is 0 Å². The van der Waals surface area contributed by atoms with E-state index in [1.807, 2.05) is 26.0 Å². The lowest BCUT2D eigenvalue weighted by molar-refractivity contribution is -0.115. The lowest BCUT2D eigenvalue weighted by Gasteiger charge is -2.17. The van der Waals surface area contributed by atoms with E-state index in [-0.39, 0.29) is 23.6 Å². The molecule has 182 valence electrons. The number of nitrogens with one attached hydrogen (secondary N) is 2. The largest absolute Gasteiger partial charge is 0.493 e. The van der Waals surface area contributed by atoms with Crippen molar-refractivity contribution in [3.05, 3.63) is 82.9 Å². The second kappa shape index (κ2) is 11.8. The maximum absolute atomic E-state index is 13.0. The van der Waals surface area contributed by atoms with Crippen LogP contribution >= 0.6 is 0 Å². The first-order valence-electron chi connectivity index (χ1n) is 11.5. The molecule has 2 N–H and O–H groups in total. The quantitative estimate of drug-likeness (QED) is 0.296. The topological polar surface area (TPSA) is 93.7 Å². The van der Waals surface area contributed by atoms with E-state index in [2.05, 4.69) is 10.6 Å². The molecule has 7 heteroatoms. The van der Waals surface area contributed by atoms with Crippen LogP contribution in [0.2, 0.25) is 0 Å². The summed E-state index contributed by atoms with van der Waals surface area (Å²) in [7, 11) is 0. The number of carbonyl (C=O) groups excluding carboxylic acids is 3. The fraction of sp³-hybridized carbons (Fsp3) is 0.250. The Hall–Kier alpha value is -4.13. The average molecular weight is 475 g/mol. The molecular weight excluding hydrogens is 444 g/mol. The Morgan fingerprint density at radius 2 is 1.40 bits per heavy atom. The molecule has 35 heavy (non-hydrogen) atoms. The molecule has 0 heterocycles. The Labute approximate surface area is 205 Å². The minimum Gasteiger partial charge on any atom is -0.493 e. The molecule has 0 fully saturated rings. The summed E-state index contributed by atoms with van der Waals surface area (Å²) >= 11 is 0. The van der Waals surface area contributed by atoms with Crippen LogP contribution in [0.3, 0.4) is 0 Å². The average Bonchev–Trinajstić information content (AvgIpc) is 2.80. The first kappa shape index (κ1) is 25.5. The molecule has 0 radical (unpaired) electrons. The van der Waals surface area contributed by atoms with E-state index < -0.39 is 11.7 Å². The summed E-state index contributed by atoms with van der Waals surface area (Å²) in [5.74, 6) is -0.574. The maximum atomic E-state index is 13.0. The molecule has 0 aliphatic carbocycles. The lowest BCUT2D eigenvalue weighted by atomic mass is 10.0. The Balaban J connectivity index is 1.88. The van der Waals surface area contributed by atoms with Crippen molar-refractivity contribution in [2.75, 3.05) is 23.8 Å². The van der Waals surface area contributed by atoms with E-state index >= 15 is 0 Å². The summed E-state index contributed by atoms with van der Waals surface area (Å²) in [5, 5.41) is 5.58. The molecule has 0 aliphatic heterocycles. The van der Waals surface area contributed by atoms with Gasteiger partial charge in [-0.05, 0) is 58.0 Å². The minimum absolute atomic E-state index is 0.211. The second-order valence-electron chi connectivity index (χ2n) is 8.06. The van der Waals surface area contributed by atoms with Crippen molar-refractivity contribution in [2.24, 2.45) is 0 Å². The van der Waals surface area contributed by atoms with E-state index in [1.165, 1.54) is 6.07 Å². The van der Waals surface area contributed by atoms with Crippen molar-refractivity contribution in [2.45, 2.75) is 34.1 Å². The first-order chi connectivity index (χ1) is 16.8. The van der Waals surface area contributed by atoms with Gasteiger partial charge in [0.1, 0.15) is 11.5 Å². The third kappa shape index (κ3) is 6.93. The molecule has 2 amide bonds. The van der Waals surface area contributed by atoms with E-state index in [9.17, 15) is 14.4 Å². The Kier molecular flexibility index (Phi) is 8.62. The van der Waals surface area contributed by atoms with Crippen LogP contribution in [0.1, 0.15) is 52.1 Å². The van der Waals surface area contributed by atoms with Gasteiger partial charge in [-0.2, -0.15) is 0 Å². The van der Waals surface area contributed by atoms with E-state index in [0.717, 1.165) is 11.1 Å². The summed E-state index contributed by atoms with van der Waals surface area (Å²) in [6.45, 7) is 8.08. The standard InChI is InChI=1S/C28H30N2O5/c1-5-34-25-16-23(30-28(33)20-13-18(3)12-19(4)14-20)26(35-6-2)15-22(25)24(31)17-27(32)29-21-10-8-7-9-11-21/h7-16H,5-6,17H2,1-4H3,(H,29,32)(H,30,33). The van der Waals surface area contributed by atoms with E-state index in [0.29, 0.717) is 35.9 Å². The van der Waals surface area contributed by atoms with Crippen LogP contribution < -0.4 is 20.1 Å². The van der Waals surface area contributed by atoms with Gasteiger partial charge in [-0.25, -0.2) is 0 Å². The van der Waals surface area contributed by atoms with Gasteiger partial charge < -0.3 is 20.1 Å². The molecule has 0 aliphatic rings. The molecule has 0 saturated carbocycles. The predicted molar refractivity (Wildman–Crippen MR) is 137 cm³/mol. The third-order valence-corrected chi connectivity index (χ3v) is 5.09. The van der Waals surface area contributed by atoms with Crippen molar-refractivity contribution in [1.29, 1.82) is 0 Å². The van der Waals surface area contributed by atoms with Gasteiger partial charge >= 0.3 is 0 Å². The summed E-state index contributed by atoms with van der Waals surface area (Å²) in [5.41, 5.74) is 3.66. The molecule has 3 rings (SSSR count). The van der Waals surface area contributed by atoms with Gasteiger partial charge in [0.25, 0.3) is 5.91 Å². The number of aryl methyl sites for hydroxylation is 2. The molecule has 0 saturated heterocycles. The van der Waals surface area contributed by atoms with E-state index in [1.54, 1.807) is 56.3 Å². The van der Waals surface area contributed by atoms with Crippen molar-refractivity contribution < 1.29 is 23.9 Å². The smallest absolute Gasteiger partial charge is 0.255 e. The molecule has 7 nitrogen and oxygen atoms in total. The molecule has 3 aromatic carbocycles. The van der Waals surface area contributed by atoms with Crippen molar-refractivity contribution >= 4 is 29.0 Å². The highest BCUT2D eigenvalue weighted by molar-refractivity contribution is 6.13. The van der Waals surface area contributed by atoms with Crippen LogP contribution in [0.5, 0.6) is 11.5 Å². The monoisotopic (exact) mass is 474 g/mol. The van der Waals surface area contributed by atoms with Crippen LogP contribution in [-0.2, 0) is 4.79 Å². The second-order valence-corrected chi connectivity index (χ2v) is 8.06.